The molecule has 1 aliphatic rings. The van der Waals surface area contributed by atoms with Crippen molar-refractivity contribution in [3.63, 3.8) is 0 Å². The Morgan fingerprint density at radius 1 is 1.37 bits per heavy atom. The second kappa shape index (κ2) is 5.41. The Labute approximate surface area is 116 Å². The van der Waals surface area contributed by atoms with Crippen molar-refractivity contribution < 1.29 is 4.74 Å². The number of para-hydroxylation sites is 2. The third kappa shape index (κ3) is 2.86. The topological polar surface area (TPSA) is 38.5 Å². The fraction of sp³-hybridized carbons (Fsp3) is 0.625. The minimum atomic E-state index is 0.270. The third-order valence-electron chi connectivity index (χ3n) is 4.57. The van der Waals surface area contributed by atoms with Crippen molar-refractivity contribution in [1.29, 1.82) is 0 Å². The molecule has 1 aromatic carbocycles. The van der Waals surface area contributed by atoms with Crippen LogP contribution >= 0.6 is 0 Å². The fourth-order valence-corrected chi connectivity index (χ4v) is 3.14. The number of nitrogens with two attached hydrogens (primary N) is 1. The Morgan fingerprint density at radius 3 is 2.63 bits per heavy atom. The van der Waals surface area contributed by atoms with Gasteiger partial charge < -0.3 is 15.4 Å². The van der Waals surface area contributed by atoms with Crippen LogP contribution in [0.25, 0.3) is 0 Å². The van der Waals surface area contributed by atoms with Crippen LogP contribution < -0.4 is 15.4 Å². The lowest BCUT2D eigenvalue weighted by atomic mass is 9.85. The monoisotopic (exact) mass is 262 g/mol. The van der Waals surface area contributed by atoms with Crippen molar-refractivity contribution in [2.45, 2.75) is 32.7 Å². The number of benzene rings is 1. The van der Waals surface area contributed by atoms with Crippen LogP contribution in [0.3, 0.4) is 0 Å². The van der Waals surface area contributed by atoms with E-state index in [0.717, 1.165) is 18.0 Å². The summed E-state index contributed by atoms with van der Waals surface area (Å²) in [5.74, 6) is 1.49. The molecule has 2 rings (SSSR count). The van der Waals surface area contributed by atoms with Crippen LogP contribution in [-0.2, 0) is 0 Å². The van der Waals surface area contributed by atoms with Gasteiger partial charge in [-0.1, -0.05) is 26.0 Å². The van der Waals surface area contributed by atoms with E-state index in [1.165, 1.54) is 12.8 Å². The van der Waals surface area contributed by atoms with Gasteiger partial charge in [-0.15, -0.1) is 0 Å². The van der Waals surface area contributed by atoms with Gasteiger partial charge in [0.1, 0.15) is 5.75 Å². The first-order chi connectivity index (χ1) is 8.95. The lowest BCUT2D eigenvalue weighted by molar-refractivity contribution is 0.301. The number of ether oxygens (including phenoxy) is 1. The maximum absolute atomic E-state index is 6.40. The number of anilines is 1. The molecule has 0 bridgehead atoms. The molecular formula is C16H26N2O. The van der Waals surface area contributed by atoms with Gasteiger partial charge in [0, 0.05) is 19.6 Å². The van der Waals surface area contributed by atoms with Gasteiger partial charge in [-0.05, 0) is 36.3 Å². The molecule has 3 nitrogen and oxygen atoms in total. The van der Waals surface area contributed by atoms with Crippen LogP contribution in [-0.4, -0.2) is 26.7 Å². The standard InChI is InChI=1S/C16H26N2O/c1-16(2)10-9-12(15(16)17)11-18(3)13-7-5-6-8-14(13)19-4/h5-8,12,15H,9-11,17H2,1-4H3. The van der Waals surface area contributed by atoms with Gasteiger partial charge >= 0.3 is 0 Å². The highest BCUT2D eigenvalue weighted by Gasteiger charge is 2.39. The molecule has 2 N–H and O–H groups in total. The molecule has 0 aliphatic heterocycles. The highest BCUT2D eigenvalue weighted by Crippen LogP contribution is 2.41. The zero-order chi connectivity index (χ0) is 14.0. The Morgan fingerprint density at radius 2 is 2.05 bits per heavy atom. The summed E-state index contributed by atoms with van der Waals surface area (Å²) in [6.45, 7) is 5.55. The lowest BCUT2D eigenvalue weighted by Gasteiger charge is -2.30. The summed E-state index contributed by atoms with van der Waals surface area (Å²) in [6, 6.07) is 8.44. The van der Waals surface area contributed by atoms with E-state index in [-0.39, 0.29) is 11.5 Å². The Bertz CT molecular complexity index is 431. The molecule has 1 fully saturated rings. The van der Waals surface area contributed by atoms with Crippen LogP contribution in [0.5, 0.6) is 5.75 Å². The summed E-state index contributed by atoms with van der Waals surface area (Å²) in [5.41, 5.74) is 7.81. The van der Waals surface area contributed by atoms with Gasteiger partial charge in [-0.3, -0.25) is 0 Å². The van der Waals surface area contributed by atoms with Gasteiger partial charge in [0.2, 0.25) is 0 Å². The van der Waals surface area contributed by atoms with Crippen molar-refractivity contribution in [3.8, 4) is 5.75 Å². The smallest absolute Gasteiger partial charge is 0.142 e. The predicted octanol–water partition coefficient (Wildman–Crippen LogP) is 2.89. The molecule has 2 atom stereocenters. The van der Waals surface area contributed by atoms with Crippen molar-refractivity contribution >= 4 is 5.69 Å². The van der Waals surface area contributed by atoms with Crippen LogP contribution in [0.15, 0.2) is 24.3 Å². The first-order valence-electron chi connectivity index (χ1n) is 7.05. The second-order valence-electron chi connectivity index (χ2n) is 6.37. The van der Waals surface area contributed by atoms with Gasteiger partial charge in [0.05, 0.1) is 12.8 Å². The van der Waals surface area contributed by atoms with E-state index < -0.39 is 0 Å². The molecule has 1 aliphatic carbocycles. The molecule has 0 spiro atoms. The minimum absolute atomic E-state index is 0.270. The average Bonchev–Trinajstić information content (AvgIpc) is 2.65. The molecule has 106 valence electrons. The Balaban J connectivity index is 2.08. The molecular weight excluding hydrogens is 236 g/mol. The molecule has 3 heteroatoms. The molecule has 0 radical (unpaired) electrons. The third-order valence-corrected chi connectivity index (χ3v) is 4.57. The summed E-state index contributed by atoms with van der Waals surface area (Å²) >= 11 is 0. The van der Waals surface area contributed by atoms with Crippen LogP contribution in [0.4, 0.5) is 5.69 Å². The van der Waals surface area contributed by atoms with Crippen LogP contribution in [0, 0.1) is 11.3 Å². The van der Waals surface area contributed by atoms with Crippen molar-refractivity contribution in [1.82, 2.24) is 0 Å². The van der Waals surface area contributed by atoms with E-state index in [1.54, 1.807) is 7.11 Å². The molecule has 0 aromatic heterocycles. The van der Waals surface area contributed by atoms with Crippen molar-refractivity contribution in [2.24, 2.45) is 17.1 Å². The molecule has 0 saturated heterocycles. The molecule has 1 aromatic rings. The maximum Gasteiger partial charge on any atom is 0.142 e. The maximum atomic E-state index is 6.40. The Kier molecular flexibility index (Phi) is 4.04. The van der Waals surface area contributed by atoms with Gasteiger partial charge in [-0.25, -0.2) is 0 Å². The van der Waals surface area contributed by atoms with E-state index in [0.29, 0.717) is 5.92 Å². The summed E-state index contributed by atoms with van der Waals surface area (Å²) < 4.78 is 5.43. The van der Waals surface area contributed by atoms with Gasteiger partial charge in [-0.2, -0.15) is 0 Å². The van der Waals surface area contributed by atoms with Gasteiger partial charge in [0.25, 0.3) is 0 Å². The van der Waals surface area contributed by atoms with E-state index in [1.807, 2.05) is 18.2 Å². The van der Waals surface area contributed by atoms with E-state index >= 15 is 0 Å². The number of hydrogen-bond acceptors (Lipinski definition) is 3. The van der Waals surface area contributed by atoms with Crippen molar-refractivity contribution in [3.05, 3.63) is 24.3 Å². The highest BCUT2D eigenvalue weighted by molar-refractivity contribution is 5.57. The van der Waals surface area contributed by atoms with Crippen molar-refractivity contribution in [2.75, 3.05) is 25.6 Å². The first kappa shape index (κ1) is 14.2. The SMILES string of the molecule is COc1ccccc1N(C)CC1CCC(C)(C)C1N. The number of hydrogen-bond donors (Lipinski definition) is 1. The largest absolute Gasteiger partial charge is 0.495 e. The zero-order valence-electron chi connectivity index (χ0n) is 12.5. The van der Waals surface area contributed by atoms with Crippen LogP contribution in [0.2, 0.25) is 0 Å². The minimum Gasteiger partial charge on any atom is -0.495 e. The first-order valence-corrected chi connectivity index (χ1v) is 7.05. The average molecular weight is 262 g/mol. The normalized spacial score (nSPS) is 25.3. The van der Waals surface area contributed by atoms with E-state index in [4.69, 9.17) is 10.5 Å². The molecule has 2 unspecified atom stereocenters. The number of rotatable bonds is 4. The quantitative estimate of drug-likeness (QED) is 0.906. The predicted molar refractivity (Wildman–Crippen MR) is 80.7 cm³/mol. The van der Waals surface area contributed by atoms with E-state index in [2.05, 4.69) is 31.9 Å². The summed E-state index contributed by atoms with van der Waals surface area (Å²) in [6.07, 6.45) is 2.44. The Hall–Kier alpha value is -1.22. The summed E-state index contributed by atoms with van der Waals surface area (Å²) in [4.78, 5) is 2.27. The zero-order valence-corrected chi connectivity index (χ0v) is 12.5. The summed E-state index contributed by atoms with van der Waals surface area (Å²) in [5, 5.41) is 0. The fourth-order valence-electron chi connectivity index (χ4n) is 3.14. The van der Waals surface area contributed by atoms with Crippen LogP contribution in [0.1, 0.15) is 26.7 Å². The van der Waals surface area contributed by atoms with Gasteiger partial charge in [0.15, 0.2) is 0 Å². The molecule has 0 heterocycles. The number of methoxy groups -OCH3 is 1. The molecule has 0 amide bonds. The lowest BCUT2D eigenvalue weighted by Crippen LogP contribution is -2.41. The summed E-state index contributed by atoms with van der Waals surface area (Å²) in [7, 11) is 3.84. The number of nitrogens with zero attached hydrogens (tertiary/aromatic N) is 1. The molecule has 19 heavy (non-hydrogen) atoms. The second-order valence-corrected chi connectivity index (χ2v) is 6.37. The highest BCUT2D eigenvalue weighted by atomic mass is 16.5. The van der Waals surface area contributed by atoms with E-state index in [9.17, 15) is 0 Å². The molecule has 1 saturated carbocycles.